The van der Waals surface area contributed by atoms with Crippen LogP contribution in [0.1, 0.15) is 12.0 Å². The molecule has 0 fully saturated rings. The van der Waals surface area contributed by atoms with Gasteiger partial charge < -0.3 is 5.32 Å². The third-order valence-electron chi connectivity index (χ3n) is 1.83. The molecule has 1 aromatic rings. The molecule has 78 valence electrons. The SMILES string of the molecule is Fc1ccc(Cl)cc1CNCCCS. The monoisotopic (exact) mass is 233 g/mol. The summed E-state index contributed by atoms with van der Waals surface area (Å²) < 4.78 is 13.2. The molecule has 0 spiro atoms. The van der Waals surface area contributed by atoms with Crippen LogP contribution >= 0.6 is 24.2 Å². The Hall–Kier alpha value is -0.250. The van der Waals surface area contributed by atoms with Crippen molar-refractivity contribution in [3.8, 4) is 0 Å². The number of benzene rings is 1. The average molecular weight is 234 g/mol. The van der Waals surface area contributed by atoms with E-state index in [-0.39, 0.29) is 5.82 Å². The Morgan fingerprint density at radius 2 is 2.21 bits per heavy atom. The fraction of sp³-hybridized carbons (Fsp3) is 0.400. The van der Waals surface area contributed by atoms with Gasteiger partial charge in [-0.25, -0.2) is 4.39 Å². The van der Waals surface area contributed by atoms with Gasteiger partial charge in [-0.05, 0) is 36.9 Å². The summed E-state index contributed by atoms with van der Waals surface area (Å²) in [7, 11) is 0. The highest BCUT2D eigenvalue weighted by atomic mass is 35.5. The second-order valence-corrected chi connectivity index (χ2v) is 3.87. The molecule has 14 heavy (non-hydrogen) atoms. The first-order chi connectivity index (χ1) is 6.74. The number of hydrogen-bond acceptors (Lipinski definition) is 2. The quantitative estimate of drug-likeness (QED) is 0.589. The van der Waals surface area contributed by atoms with Gasteiger partial charge in [-0.3, -0.25) is 0 Å². The van der Waals surface area contributed by atoms with Gasteiger partial charge in [-0.2, -0.15) is 12.6 Å². The largest absolute Gasteiger partial charge is 0.313 e. The van der Waals surface area contributed by atoms with Crippen molar-refractivity contribution in [3.05, 3.63) is 34.6 Å². The fourth-order valence-corrected chi connectivity index (χ4v) is 1.46. The zero-order valence-corrected chi connectivity index (χ0v) is 9.41. The van der Waals surface area contributed by atoms with Crippen LogP contribution in [0.3, 0.4) is 0 Å². The van der Waals surface area contributed by atoms with Gasteiger partial charge in [-0.1, -0.05) is 11.6 Å². The van der Waals surface area contributed by atoms with Crippen molar-refractivity contribution in [1.82, 2.24) is 5.32 Å². The van der Waals surface area contributed by atoms with Crippen LogP contribution in [0, 0.1) is 5.82 Å². The standard InChI is InChI=1S/C10H13ClFNS/c11-9-2-3-10(12)8(6-9)7-13-4-1-5-14/h2-3,6,13-14H,1,4-5,7H2. The van der Waals surface area contributed by atoms with Crippen molar-refractivity contribution >= 4 is 24.2 Å². The summed E-state index contributed by atoms with van der Waals surface area (Å²) >= 11 is 9.83. The Bertz CT molecular complexity index is 293. The van der Waals surface area contributed by atoms with Gasteiger partial charge in [-0.15, -0.1) is 0 Å². The van der Waals surface area contributed by atoms with Crippen LogP contribution in [0.15, 0.2) is 18.2 Å². The van der Waals surface area contributed by atoms with Crippen molar-refractivity contribution in [3.63, 3.8) is 0 Å². The lowest BCUT2D eigenvalue weighted by atomic mass is 10.2. The molecule has 1 rings (SSSR count). The summed E-state index contributed by atoms with van der Waals surface area (Å²) in [6.45, 7) is 1.36. The molecule has 1 N–H and O–H groups in total. The van der Waals surface area contributed by atoms with Crippen LogP contribution in [0.4, 0.5) is 4.39 Å². The average Bonchev–Trinajstić information content (AvgIpc) is 2.18. The molecule has 0 heterocycles. The van der Waals surface area contributed by atoms with Gasteiger partial charge in [0, 0.05) is 17.1 Å². The third-order valence-corrected chi connectivity index (χ3v) is 2.39. The lowest BCUT2D eigenvalue weighted by Gasteiger charge is -2.05. The zero-order valence-electron chi connectivity index (χ0n) is 7.76. The molecule has 0 saturated carbocycles. The van der Waals surface area contributed by atoms with E-state index in [2.05, 4.69) is 17.9 Å². The molecular weight excluding hydrogens is 221 g/mol. The van der Waals surface area contributed by atoms with E-state index in [1.165, 1.54) is 6.07 Å². The Labute approximate surface area is 94.1 Å². The van der Waals surface area contributed by atoms with Crippen LogP contribution in [-0.4, -0.2) is 12.3 Å². The van der Waals surface area contributed by atoms with Crippen molar-refractivity contribution in [2.75, 3.05) is 12.3 Å². The van der Waals surface area contributed by atoms with Gasteiger partial charge in [0.1, 0.15) is 5.82 Å². The van der Waals surface area contributed by atoms with E-state index in [1.807, 2.05) is 0 Å². The van der Waals surface area contributed by atoms with Gasteiger partial charge in [0.2, 0.25) is 0 Å². The topological polar surface area (TPSA) is 12.0 Å². The summed E-state index contributed by atoms with van der Waals surface area (Å²) in [6.07, 6.45) is 0.977. The number of rotatable bonds is 5. The smallest absolute Gasteiger partial charge is 0.127 e. The normalized spacial score (nSPS) is 10.5. The molecule has 0 aliphatic heterocycles. The van der Waals surface area contributed by atoms with Crippen LogP contribution in [0.5, 0.6) is 0 Å². The first-order valence-corrected chi connectivity index (χ1v) is 5.50. The maximum Gasteiger partial charge on any atom is 0.127 e. The minimum Gasteiger partial charge on any atom is -0.313 e. The van der Waals surface area contributed by atoms with Crippen LogP contribution in [-0.2, 0) is 6.54 Å². The fourth-order valence-electron chi connectivity index (χ4n) is 1.11. The number of hydrogen-bond donors (Lipinski definition) is 2. The van der Waals surface area contributed by atoms with E-state index in [0.717, 1.165) is 18.7 Å². The van der Waals surface area contributed by atoms with Crippen molar-refractivity contribution < 1.29 is 4.39 Å². The molecule has 0 saturated heterocycles. The minimum absolute atomic E-state index is 0.215. The number of thiol groups is 1. The molecule has 1 aromatic carbocycles. The Morgan fingerprint density at radius 1 is 1.43 bits per heavy atom. The molecule has 1 nitrogen and oxygen atoms in total. The van der Waals surface area contributed by atoms with Crippen molar-refractivity contribution in [2.24, 2.45) is 0 Å². The molecule has 0 radical (unpaired) electrons. The molecule has 0 aliphatic rings. The lowest BCUT2D eigenvalue weighted by molar-refractivity contribution is 0.587. The summed E-state index contributed by atoms with van der Waals surface area (Å²) in [5, 5.41) is 3.69. The van der Waals surface area contributed by atoms with E-state index >= 15 is 0 Å². The molecule has 0 bridgehead atoms. The van der Waals surface area contributed by atoms with Crippen LogP contribution < -0.4 is 5.32 Å². The molecule has 0 aromatic heterocycles. The predicted molar refractivity (Wildman–Crippen MR) is 61.6 cm³/mol. The van der Waals surface area contributed by atoms with E-state index < -0.39 is 0 Å². The van der Waals surface area contributed by atoms with Crippen molar-refractivity contribution in [1.29, 1.82) is 0 Å². The molecule has 0 atom stereocenters. The third kappa shape index (κ3) is 3.86. The Balaban J connectivity index is 2.45. The molecule has 4 heteroatoms. The molecule has 0 unspecified atom stereocenters. The number of nitrogens with one attached hydrogen (secondary N) is 1. The lowest BCUT2D eigenvalue weighted by Crippen LogP contribution is -2.15. The predicted octanol–water partition coefficient (Wildman–Crippen LogP) is 2.89. The van der Waals surface area contributed by atoms with E-state index in [0.29, 0.717) is 17.1 Å². The second kappa shape index (κ2) is 6.27. The van der Waals surface area contributed by atoms with Gasteiger partial charge in [0.15, 0.2) is 0 Å². The first-order valence-electron chi connectivity index (χ1n) is 4.49. The summed E-state index contributed by atoms with van der Waals surface area (Å²) in [5.41, 5.74) is 0.608. The van der Waals surface area contributed by atoms with Crippen molar-refractivity contribution in [2.45, 2.75) is 13.0 Å². The highest BCUT2D eigenvalue weighted by Crippen LogP contribution is 2.14. The molecule has 0 amide bonds. The van der Waals surface area contributed by atoms with Gasteiger partial charge in [0.25, 0.3) is 0 Å². The minimum atomic E-state index is -0.215. The van der Waals surface area contributed by atoms with Gasteiger partial charge in [0.05, 0.1) is 0 Å². The zero-order chi connectivity index (χ0) is 10.4. The first kappa shape index (κ1) is 11.8. The number of halogens is 2. The van der Waals surface area contributed by atoms with E-state index in [1.54, 1.807) is 12.1 Å². The molecular formula is C10H13ClFNS. The maximum absolute atomic E-state index is 13.2. The van der Waals surface area contributed by atoms with E-state index in [9.17, 15) is 4.39 Å². The van der Waals surface area contributed by atoms with Gasteiger partial charge >= 0.3 is 0 Å². The highest BCUT2D eigenvalue weighted by Gasteiger charge is 2.01. The summed E-state index contributed by atoms with van der Waals surface area (Å²) in [6, 6.07) is 4.58. The molecule has 0 aliphatic carbocycles. The van der Waals surface area contributed by atoms with Crippen LogP contribution in [0.25, 0.3) is 0 Å². The Kier molecular flexibility index (Phi) is 5.30. The second-order valence-electron chi connectivity index (χ2n) is 2.99. The maximum atomic E-state index is 13.2. The summed E-state index contributed by atoms with van der Waals surface area (Å²) in [4.78, 5) is 0. The van der Waals surface area contributed by atoms with E-state index in [4.69, 9.17) is 11.6 Å². The summed E-state index contributed by atoms with van der Waals surface area (Å²) in [5.74, 6) is 0.623. The Morgan fingerprint density at radius 3 is 2.93 bits per heavy atom. The highest BCUT2D eigenvalue weighted by molar-refractivity contribution is 7.80. The van der Waals surface area contributed by atoms with Crippen LogP contribution in [0.2, 0.25) is 5.02 Å².